The van der Waals surface area contributed by atoms with Crippen molar-refractivity contribution >= 4 is 11.7 Å². The van der Waals surface area contributed by atoms with Crippen LogP contribution in [0.2, 0.25) is 0 Å². The molecular formula is C10H16N6. The SMILES string of the molecule is NC/C(N)=N/C=C/C#C/C=C/N=C(\N)CN. The molecule has 0 atom stereocenters. The molecule has 0 aliphatic rings. The molecule has 0 rings (SSSR count). The molecule has 16 heavy (non-hydrogen) atoms. The van der Waals surface area contributed by atoms with Crippen molar-refractivity contribution in [1.29, 1.82) is 0 Å². The van der Waals surface area contributed by atoms with Crippen molar-refractivity contribution < 1.29 is 0 Å². The van der Waals surface area contributed by atoms with E-state index in [4.69, 9.17) is 22.9 Å². The predicted octanol–water partition coefficient (Wildman–Crippen LogP) is -1.35. The third-order valence-corrected chi connectivity index (χ3v) is 1.30. The molecule has 0 bridgehead atoms. The van der Waals surface area contributed by atoms with Crippen molar-refractivity contribution in [2.24, 2.45) is 32.9 Å². The van der Waals surface area contributed by atoms with Crippen LogP contribution in [-0.2, 0) is 0 Å². The van der Waals surface area contributed by atoms with Gasteiger partial charge in [0.1, 0.15) is 11.7 Å². The molecule has 8 N–H and O–H groups in total. The Morgan fingerprint density at radius 3 is 1.56 bits per heavy atom. The molecule has 0 spiro atoms. The third-order valence-electron chi connectivity index (χ3n) is 1.30. The first-order valence-corrected chi connectivity index (χ1v) is 4.56. The van der Waals surface area contributed by atoms with Gasteiger partial charge in [0.25, 0.3) is 0 Å². The van der Waals surface area contributed by atoms with Gasteiger partial charge in [-0.2, -0.15) is 0 Å². The summed E-state index contributed by atoms with van der Waals surface area (Å²) in [5.41, 5.74) is 21.1. The Labute approximate surface area is 94.8 Å². The summed E-state index contributed by atoms with van der Waals surface area (Å²) in [5.74, 6) is 6.10. The highest BCUT2D eigenvalue weighted by atomic mass is 14.9. The molecule has 0 aromatic rings. The van der Waals surface area contributed by atoms with Gasteiger partial charge in [0.15, 0.2) is 0 Å². The van der Waals surface area contributed by atoms with Gasteiger partial charge in [0, 0.05) is 24.6 Å². The van der Waals surface area contributed by atoms with Crippen LogP contribution >= 0.6 is 0 Å². The van der Waals surface area contributed by atoms with E-state index in [0.717, 1.165) is 0 Å². The van der Waals surface area contributed by atoms with Crippen LogP contribution in [0.25, 0.3) is 0 Å². The lowest BCUT2D eigenvalue weighted by Gasteiger charge is -1.87. The van der Waals surface area contributed by atoms with Gasteiger partial charge in [0.2, 0.25) is 0 Å². The monoisotopic (exact) mass is 220 g/mol. The maximum atomic E-state index is 5.35. The molecule has 0 aromatic carbocycles. The van der Waals surface area contributed by atoms with E-state index < -0.39 is 0 Å². The van der Waals surface area contributed by atoms with Crippen LogP contribution in [-0.4, -0.2) is 24.8 Å². The molecule has 6 heteroatoms. The Bertz CT molecular complexity index is 333. The number of allylic oxidation sites excluding steroid dienone is 2. The van der Waals surface area contributed by atoms with Gasteiger partial charge in [0.05, 0.1) is 13.1 Å². The number of rotatable bonds is 4. The van der Waals surface area contributed by atoms with Crippen molar-refractivity contribution in [3.63, 3.8) is 0 Å². The maximum Gasteiger partial charge on any atom is 0.113 e. The lowest BCUT2D eigenvalue weighted by molar-refractivity contribution is 1.26. The molecule has 0 amide bonds. The molecular weight excluding hydrogens is 204 g/mol. The zero-order chi connectivity index (χ0) is 12.2. The van der Waals surface area contributed by atoms with Crippen LogP contribution in [0.4, 0.5) is 0 Å². The second kappa shape index (κ2) is 9.45. The Morgan fingerprint density at radius 1 is 0.875 bits per heavy atom. The summed E-state index contributed by atoms with van der Waals surface area (Å²) in [4.78, 5) is 7.60. The van der Waals surface area contributed by atoms with Crippen LogP contribution in [0, 0.1) is 11.8 Å². The van der Waals surface area contributed by atoms with Crippen LogP contribution < -0.4 is 22.9 Å². The molecule has 0 unspecified atom stereocenters. The van der Waals surface area contributed by atoms with Crippen molar-refractivity contribution in [2.75, 3.05) is 13.1 Å². The lowest BCUT2D eigenvalue weighted by atomic mass is 10.5. The van der Waals surface area contributed by atoms with Gasteiger partial charge in [-0.15, -0.1) is 0 Å². The van der Waals surface area contributed by atoms with Crippen molar-refractivity contribution in [3.05, 3.63) is 24.6 Å². The van der Waals surface area contributed by atoms with Gasteiger partial charge < -0.3 is 22.9 Å². The third kappa shape index (κ3) is 8.50. The topological polar surface area (TPSA) is 129 Å². The molecule has 0 aliphatic carbocycles. The van der Waals surface area contributed by atoms with E-state index in [0.29, 0.717) is 11.7 Å². The van der Waals surface area contributed by atoms with E-state index >= 15 is 0 Å². The average molecular weight is 220 g/mol. The molecule has 0 radical (unpaired) electrons. The second-order valence-electron chi connectivity index (χ2n) is 2.57. The Hall–Kier alpha value is -2.10. The van der Waals surface area contributed by atoms with Gasteiger partial charge in [-0.05, 0) is 0 Å². The average Bonchev–Trinajstić information content (AvgIpc) is 2.31. The molecule has 0 saturated heterocycles. The number of aliphatic imine (C=N–C) groups is 2. The quantitative estimate of drug-likeness (QED) is 0.265. The summed E-state index contributed by atoms with van der Waals surface area (Å²) >= 11 is 0. The molecule has 0 aliphatic heterocycles. The summed E-state index contributed by atoms with van der Waals surface area (Å²) in [5, 5.41) is 0. The predicted molar refractivity (Wildman–Crippen MR) is 67.4 cm³/mol. The minimum absolute atomic E-state index is 0.227. The molecule has 0 fully saturated rings. The van der Waals surface area contributed by atoms with E-state index in [1.807, 2.05) is 0 Å². The van der Waals surface area contributed by atoms with Gasteiger partial charge in [-0.3, -0.25) is 0 Å². The van der Waals surface area contributed by atoms with Crippen molar-refractivity contribution in [1.82, 2.24) is 0 Å². The van der Waals surface area contributed by atoms with Crippen LogP contribution in [0.5, 0.6) is 0 Å². The largest absolute Gasteiger partial charge is 0.386 e. The highest BCUT2D eigenvalue weighted by Crippen LogP contribution is 1.76. The number of hydrogen-bond donors (Lipinski definition) is 4. The van der Waals surface area contributed by atoms with Gasteiger partial charge >= 0.3 is 0 Å². The standard InChI is InChI=1S/C10H16N6/c11-7-9(13)15-5-3-1-2-4-6-16-10(14)8-12/h3-6H,7-8,11-12H2,(H2,13,15)(H2,14,16)/b5-3+,6-4+. The number of nitrogens with zero attached hydrogens (tertiary/aromatic N) is 2. The molecule has 0 saturated carbocycles. The summed E-state index contributed by atoms with van der Waals surface area (Å²) in [6.45, 7) is 0.454. The molecule has 6 nitrogen and oxygen atoms in total. The second-order valence-corrected chi connectivity index (χ2v) is 2.57. The Morgan fingerprint density at radius 2 is 1.25 bits per heavy atom. The van der Waals surface area contributed by atoms with Crippen LogP contribution in [0.15, 0.2) is 34.5 Å². The Balaban J connectivity index is 4.05. The summed E-state index contributed by atoms with van der Waals surface area (Å²) in [6, 6.07) is 0. The zero-order valence-corrected chi connectivity index (χ0v) is 8.93. The minimum Gasteiger partial charge on any atom is -0.386 e. The number of nitrogens with two attached hydrogens (primary N) is 4. The van der Waals surface area contributed by atoms with Gasteiger partial charge in [-0.25, -0.2) is 9.98 Å². The highest BCUT2D eigenvalue weighted by Gasteiger charge is 1.79. The molecule has 86 valence electrons. The van der Waals surface area contributed by atoms with E-state index in [-0.39, 0.29) is 13.1 Å². The smallest absolute Gasteiger partial charge is 0.113 e. The first-order chi connectivity index (χ1) is 7.70. The summed E-state index contributed by atoms with van der Waals surface area (Å²) in [7, 11) is 0. The van der Waals surface area contributed by atoms with Crippen LogP contribution in [0.1, 0.15) is 0 Å². The first kappa shape index (κ1) is 13.9. The summed E-state index contributed by atoms with van der Waals surface area (Å²) in [6.07, 6.45) is 6.03. The normalized spacial score (nSPS) is 13.1. The highest BCUT2D eigenvalue weighted by molar-refractivity contribution is 5.83. The van der Waals surface area contributed by atoms with E-state index in [2.05, 4.69) is 21.8 Å². The maximum absolute atomic E-state index is 5.35. The zero-order valence-electron chi connectivity index (χ0n) is 8.93. The fourth-order valence-electron chi connectivity index (χ4n) is 0.542. The summed E-state index contributed by atoms with van der Waals surface area (Å²) < 4.78 is 0. The number of hydrogen-bond acceptors (Lipinski definition) is 4. The fourth-order valence-corrected chi connectivity index (χ4v) is 0.542. The van der Waals surface area contributed by atoms with E-state index in [1.54, 1.807) is 12.2 Å². The van der Waals surface area contributed by atoms with Crippen LogP contribution in [0.3, 0.4) is 0 Å². The number of amidine groups is 2. The van der Waals surface area contributed by atoms with Gasteiger partial charge in [-0.1, -0.05) is 11.8 Å². The lowest BCUT2D eigenvalue weighted by Crippen LogP contribution is -2.22. The van der Waals surface area contributed by atoms with E-state index in [1.165, 1.54) is 12.4 Å². The molecule has 0 aromatic heterocycles. The van der Waals surface area contributed by atoms with Crippen molar-refractivity contribution in [2.45, 2.75) is 0 Å². The van der Waals surface area contributed by atoms with Crippen molar-refractivity contribution in [3.8, 4) is 11.8 Å². The minimum atomic E-state index is 0.227. The molecule has 0 heterocycles. The van der Waals surface area contributed by atoms with E-state index in [9.17, 15) is 0 Å². The fraction of sp³-hybridized carbons (Fsp3) is 0.200. The Kier molecular flexibility index (Phi) is 8.21. The first-order valence-electron chi connectivity index (χ1n) is 4.56.